The van der Waals surface area contributed by atoms with Crippen LogP contribution in [0.4, 0.5) is 13.2 Å². The molecular weight excluding hydrogens is 221 g/mol. The Labute approximate surface area is 83.5 Å². The minimum atomic E-state index is -4.60. The van der Waals surface area contributed by atoms with E-state index in [4.69, 9.17) is 11.8 Å². The average Bonchev–Trinajstić information content (AvgIpc) is 2.15. The second kappa shape index (κ2) is 3.83. The zero-order valence-electron chi connectivity index (χ0n) is 7.60. The van der Waals surface area contributed by atoms with Gasteiger partial charge in [-0.05, 0) is 6.07 Å². The van der Waals surface area contributed by atoms with Crippen LogP contribution in [0.2, 0.25) is 0 Å². The van der Waals surface area contributed by atoms with Crippen molar-refractivity contribution >= 4 is 17.7 Å². The SMILES string of the molecule is O=C(NCl)c1cnccc1C(F)(F)F.[H+]. The van der Waals surface area contributed by atoms with Gasteiger partial charge in [0.1, 0.15) is 0 Å². The zero-order valence-corrected chi connectivity index (χ0v) is 7.36. The summed E-state index contributed by atoms with van der Waals surface area (Å²) >= 11 is 4.91. The number of rotatable bonds is 1. The van der Waals surface area contributed by atoms with Gasteiger partial charge in [0.05, 0.1) is 11.1 Å². The van der Waals surface area contributed by atoms with E-state index < -0.39 is 23.2 Å². The van der Waals surface area contributed by atoms with Crippen LogP contribution in [-0.2, 0) is 6.18 Å². The van der Waals surface area contributed by atoms with Crippen LogP contribution in [-0.4, -0.2) is 10.9 Å². The first-order valence-electron chi connectivity index (χ1n) is 3.39. The van der Waals surface area contributed by atoms with E-state index in [0.29, 0.717) is 6.07 Å². The van der Waals surface area contributed by atoms with Gasteiger partial charge in [0.2, 0.25) is 0 Å². The van der Waals surface area contributed by atoms with E-state index in [1.165, 1.54) is 0 Å². The molecule has 1 aromatic rings. The van der Waals surface area contributed by atoms with Crippen LogP contribution in [0.3, 0.4) is 0 Å². The third kappa shape index (κ3) is 2.14. The monoisotopic (exact) mass is 225 g/mol. The maximum absolute atomic E-state index is 12.3. The Kier molecular flexibility index (Phi) is 2.95. The Hall–Kier alpha value is -1.30. The Bertz CT molecular complexity index is 358. The lowest BCUT2D eigenvalue weighted by atomic mass is 10.1. The maximum Gasteiger partial charge on any atom is 1.00 e. The molecular formula is C7H5ClF3N2O+. The van der Waals surface area contributed by atoms with Crippen molar-refractivity contribution in [2.24, 2.45) is 0 Å². The molecule has 76 valence electrons. The molecule has 0 bridgehead atoms. The number of aromatic nitrogens is 1. The standard InChI is InChI=1S/C7H4ClF3N2O/c8-13-6(14)4-3-12-2-1-5(4)7(9,10)11/h1-3H,(H,13,14)/p+1. The highest BCUT2D eigenvalue weighted by atomic mass is 35.5. The van der Waals surface area contributed by atoms with E-state index >= 15 is 0 Å². The number of nitrogens with zero attached hydrogens (tertiary/aromatic N) is 1. The van der Waals surface area contributed by atoms with E-state index in [1.54, 1.807) is 4.84 Å². The van der Waals surface area contributed by atoms with E-state index in [1.807, 2.05) is 0 Å². The van der Waals surface area contributed by atoms with Crippen LogP contribution >= 0.6 is 11.8 Å². The molecule has 0 unspecified atom stereocenters. The predicted octanol–water partition coefficient (Wildman–Crippen LogP) is 2.10. The van der Waals surface area contributed by atoms with Gasteiger partial charge in [-0.1, -0.05) is 0 Å². The molecule has 0 saturated carbocycles. The lowest BCUT2D eigenvalue weighted by Gasteiger charge is -2.09. The van der Waals surface area contributed by atoms with Crippen LogP contribution in [0.15, 0.2) is 18.5 Å². The first-order valence-corrected chi connectivity index (χ1v) is 3.77. The number of nitrogens with one attached hydrogen (secondary N) is 1. The summed E-state index contributed by atoms with van der Waals surface area (Å²) in [6.45, 7) is 0. The lowest BCUT2D eigenvalue weighted by Crippen LogP contribution is -2.19. The van der Waals surface area contributed by atoms with Gasteiger partial charge in [0.25, 0.3) is 5.91 Å². The smallest absolute Gasteiger partial charge is 0.268 e. The molecule has 14 heavy (non-hydrogen) atoms. The van der Waals surface area contributed by atoms with Crippen molar-refractivity contribution in [2.75, 3.05) is 0 Å². The van der Waals surface area contributed by atoms with Crippen LogP contribution in [0.1, 0.15) is 17.3 Å². The molecule has 1 aromatic heterocycles. The number of hydrogen-bond donors (Lipinski definition) is 1. The molecule has 7 heteroatoms. The first-order chi connectivity index (χ1) is 6.46. The van der Waals surface area contributed by atoms with Crippen molar-refractivity contribution in [1.82, 2.24) is 9.82 Å². The maximum atomic E-state index is 12.3. The molecule has 1 heterocycles. The van der Waals surface area contributed by atoms with Gasteiger partial charge in [-0.2, -0.15) is 13.2 Å². The molecule has 1 rings (SSSR count). The first kappa shape index (κ1) is 10.8. The fraction of sp³-hybridized carbons (Fsp3) is 0.143. The van der Waals surface area contributed by atoms with Crippen molar-refractivity contribution in [3.63, 3.8) is 0 Å². The third-order valence-corrected chi connectivity index (χ3v) is 1.63. The van der Waals surface area contributed by atoms with Gasteiger partial charge in [0.15, 0.2) is 0 Å². The average molecular weight is 226 g/mol. The lowest BCUT2D eigenvalue weighted by molar-refractivity contribution is -0.138. The third-order valence-electron chi connectivity index (χ3n) is 1.46. The number of carbonyl (C=O) groups excluding carboxylic acids is 1. The van der Waals surface area contributed by atoms with E-state index in [9.17, 15) is 18.0 Å². The molecule has 0 aliphatic carbocycles. The second-order valence-corrected chi connectivity index (χ2v) is 2.53. The molecule has 0 saturated heterocycles. The molecule has 3 nitrogen and oxygen atoms in total. The Balaban J connectivity index is 0.00000196. The fourth-order valence-electron chi connectivity index (χ4n) is 0.873. The summed E-state index contributed by atoms with van der Waals surface area (Å²) in [5.74, 6) is -1.04. The van der Waals surface area contributed by atoms with E-state index in [2.05, 4.69) is 4.98 Å². The molecule has 1 amide bonds. The van der Waals surface area contributed by atoms with E-state index in [0.717, 1.165) is 12.4 Å². The summed E-state index contributed by atoms with van der Waals surface area (Å²) in [4.78, 5) is 15.9. The van der Waals surface area contributed by atoms with Crippen LogP contribution in [0.25, 0.3) is 0 Å². The number of pyridine rings is 1. The second-order valence-electron chi connectivity index (χ2n) is 2.34. The Morgan fingerprint density at radius 2 is 2.21 bits per heavy atom. The summed E-state index contributed by atoms with van der Waals surface area (Å²) in [6.07, 6.45) is -2.84. The highest BCUT2D eigenvalue weighted by Crippen LogP contribution is 2.31. The van der Waals surface area contributed by atoms with Gasteiger partial charge in [-0.3, -0.25) is 14.6 Å². The summed E-state index contributed by atoms with van der Waals surface area (Å²) in [7, 11) is 0. The van der Waals surface area contributed by atoms with Crippen LogP contribution < -0.4 is 4.84 Å². The van der Waals surface area contributed by atoms with Crippen LogP contribution in [0, 0.1) is 0 Å². The molecule has 0 aromatic carbocycles. The summed E-state index contributed by atoms with van der Waals surface area (Å²) in [5.41, 5.74) is -1.67. The van der Waals surface area contributed by atoms with Gasteiger partial charge in [-0.25, -0.2) is 0 Å². The molecule has 1 N–H and O–H groups in total. The summed E-state index contributed by atoms with van der Waals surface area (Å²) < 4.78 is 36.9. The predicted molar refractivity (Wildman–Crippen MR) is 43.7 cm³/mol. The van der Waals surface area contributed by atoms with Crippen molar-refractivity contribution in [2.45, 2.75) is 6.18 Å². The fourth-order valence-corrected chi connectivity index (χ4v) is 0.975. The molecule has 0 aliphatic rings. The highest BCUT2D eigenvalue weighted by Gasteiger charge is 2.35. The van der Waals surface area contributed by atoms with E-state index in [-0.39, 0.29) is 1.43 Å². The molecule has 0 atom stereocenters. The minimum absolute atomic E-state index is 0. The zero-order chi connectivity index (χ0) is 10.8. The number of amides is 1. The number of alkyl halides is 3. The van der Waals surface area contributed by atoms with Crippen LogP contribution in [0.5, 0.6) is 0 Å². The molecule has 0 aliphatic heterocycles. The van der Waals surface area contributed by atoms with Crippen molar-refractivity contribution in [3.8, 4) is 0 Å². The van der Waals surface area contributed by atoms with Crippen molar-refractivity contribution in [3.05, 3.63) is 29.6 Å². The Morgan fingerprint density at radius 3 is 2.71 bits per heavy atom. The van der Waals surface area contributed by atoms with Crippen molar-refractivity contribution in [1.29, 1.82) is 0 Å². The largest absolute Gasteiger partial charge is 1.00 e. The summed E-state index contributed by atoms with van der Waals surface area (Å²) in [6, 6.07) is 0.710. The number of carbonyl (C=O) groups is 1. The van der Waals surface area contributed by atoms with Gasteiger partial charge < -0.3 is 0 Å². The van der Waals surface area contributed by atoms with Gasteiger partial charge in [0, 0.05) is 24.2 Å². The summed E-state index contributed by atoms with van der Waals surface area (Å²) in [5, 5.41) is 0. The van der Waals surface area contributed by atoms with Gasteiger partial charge >= 0.3 is 7.60 Å². The minimum Gasteiger partial charge on any atom is -0.268 e. The topological polar surface area (TPSA) is 42.0 Å². The van der Waals surface area contributed by atoms with Crippen molar-refractivity contribution < 1.29 is 19.4 Å². The number of halogens is 4. The highest BCUT2D eigenvalue weighted by molar-refractivity contribution is 6.24. The Morgan fingerprint density at radius 1 is 1.57 bits per heavy atom. The molecule has 0 spiro atoms. The molecule has 0 radical (unpaired) electrons. The number of hydrogen-bond acceptors (Lipinski definition) is 2. The molecule has 0 fully saturated rings. The normalized spacial score (nSPS) is 11.1. The quantitative estimate of drug-likeness (QED) is 0.744. The van der Waals surface area contributed by atoms with Gasteiger partial charge in [-0.15, -0.1) is 0 Å².